The molecule has 3 rings (SSSR count). The van der Waals surface area contributed by atoms with Crippen molar-refractivity contribution in [2.24, 2.45) is 5.73 Å². The van der Waals surface area contributed by atoms with Crippen LogP contribution in [0.4, 0.5) is 0 Å². The fraction of sp³-hybridized carbons (Fsp3) is 0.667. The van der Waals surface area contributed by atoms with Gasteiger partial charge >= 0.3 is 0 Å². The highest BCUT2D eigenvalue weighted by Gasteiger charge is 2.33. The summed E-state index contributed by atoms with van der Waals surface area (Å²) in [5.41, 5.74) is 7.57. The predicted molar refractivity (Wildman–Crippen MR) is 88.5 cm³/mol. The summed E-state index contributed by atoms with van der Waals surface area (Å²) >= 11 is 0. The lowest BCUT2D eigenvalue weighted by atomic mass is 9.90. The molecule has 0 aliphatic carbocycles. The molecule has 3 heteroatoms. The fourth-order valence-corrected chi connectivity index (χ4v) is 4.13. The average Bonchev–Trinajstić information content (AvgIpc) is 2.56. The molecule has 3 unspecified atom stereocenters. The van der Waals surface area contributed by atoms with Gasteiger partial charge in [0.25, 0.3) is 0 Å². The monoisotopic (exact) mass is 287 g/mol. The number of benzene rings is 1. The maximum Gasteiger partial charge on any atom is 0.0285 e. The highest BCUT2D eigenvalue weighted by molar-refractivity contribution is 5.21. The molecule has 0 aromatic heterocycles. The van der Waals surface area contributed by atoms with Crippen molar-refractivity contribution in [3.63, 3.8) is 0 Å². The largest absolute Gasteiger partial charge is 0.329 e. The third-order valence-corrected chi connectivity index (χ3v) is 5.48. The van der Waals surface area contributed by atoms with Gasteiger partial charge in [-0.25, -0.2) is 0 Å². The first-order valence-corrected chi connectivity index (χ1v) is 8.52. The van der Waals surface area contributed by atoms with Gasteiger partial charge in [-0.1, -0.05) is 43.7 Å². The first-order valence-electron chi connectivity index (χ1n) is 8.52. The molecule has 2 fully saturated rings. The minimum Gasteiger partial charge on any atom is -0.329 e. The Morgan fingerprint density at radius 2 is 1.95 bits per heavy atom. The van der Waals surface area contributed by atoms with E-state index < -0.39 is 0 Å². The van der Waals surface area contributed by atoms with Gasteiger partial charge in [0.1, 0.15) is 0 Å². The van der Waals surface area contributed by atoms with Crippen LogP contribution in [0.15, 0.2) is 30.3 Å². The highest BCUT2D eigenvalue weighted by Crippen LogP contribution is 2.27. The van der Waals surface area contributed by atoms with Crippen LogP contribution in [0.25, 0.3) is 0 Å². The molecule has 21 heavy (non-hydrogen) atoms. The molecule has 0 amide bonds. The zero-order valence-corrected chi connectivity index (χ0v) is 13.2. The van der Waals surface area contributed by atoms with Gasteiger partial charge in [-0.3, -0.25) is 9.80 Å². The molecule has 2 heterocycles. The zero-order valence-electron chi connectivity index (χ0n) is 13.2. The molecule has 2 N–H and O–H groups in total. The van der Waals surface area contributed by atoms with Gasteiger partial charge in [0.15, 0.2) is 0 Å². The Hall–Kier alpha value is -0.900. The van der Waals surface area contributed by atoms with E-state index in [1.807, 2.05) is 0 Å². The molecule has 1 aromatic rings. The molecule has 0 saturated carbocycles. The quantitative estimate of drug-likeness (QED) is 0.922. The summed E-state index contributed by atoms with van der Waals surface area (Å²) in [6.45, 7) is 8.00. The molecule has 2 saturated heterocycles. The second-order valence-corrected chi connectivity index (χ2v) is 6.68. The minimum absolute atomic E-state index is 0.469. The van der Waals surface area contributed by atoms with Gasteiger partial charge in [-0.05, 0) is 30.9 Å². The van der Waals surface area contributed by atoms with Crippen LogP contribution >= 0.6 is 0 Å². The third kappa shape index (κ3) is 3.31. The standard InChI is InChI=1S/C18H29N3/c1-15(16-7-3-2-4-8-16)18(13-19)21-12-11-20-10-6-5-9-17(20)14-21/h2-4,7-8,15,17-18H,5-6,9-14,19H2,1H3. The average molecular weight is 287 g/mol. The Morgan fingerprint density at radius 3 is 2.71 bits per heavy atom. The van der Waals surface area contributed by atoms with Crippen molar-refractivity contribution >= 4 is 0 Å². The van der Waals surface area contributed by atoms with Gasteiger partial charge in [0.05, 0.1) is 0 Å². The SMILES string of the molecule is CC(c1ccccc1)C(CN)N1CCN2CCCCC2C1. The molecule has 0 spiro atoms. The normalized spacial score (nSPS) is 27.0. The van der Waals surface area contributed by atoms with Crippen LogP contribution < -0.4 is 5.73 Å². The second kappa shape index (κ2) is 6.91. The molecule has 2 aliphatic heterocycles. The molecule has 0 bridgehead atoms. The Morgan fingerprint density at radius 1 is 1.14 bits per heavy atom. The Labute approximate surface area is 129 Å². The van der Waals surface area contributed by atoms with Gasteiger partial charge in [-0.2, -0.15) is 0 Å². The van der Waals surface area contributed by atoms with Crippen LogP contribution in [0.2, 0.25) is 0 Å². The minimum atomic E-state index is 0.469. The van der Waals surface area contributed by atoms with E-state index in [0.29, 0.717) is 12.0 Å². The van der Waals surface area contributed by atoms with Crippen molar-refractivity contribution in [1.29, 1.82) is 0 Å². The third-order valence-electron chi connectivity index (χ3n) is 5.48. The van der Waals surface area contributed by atoms with Crippen LogP contribution in [-0.4, -0.2) is 54.6 Å². The number of hydrogen-bond donors (Lipinski definition) is 1. The van der Waals surface area contributed by atoms with Gasteiger partial charge < -0.3 is 5.73 Å². The first kappa shape index (κ1) is 15.0. The van der Waals surface area contributed by atoms with Crippen LogP contribution in [0.3, 0.4) is 0 Å². The van der Waals surface area contributed by atoms with Crippen molar-refractivity contribution in [2.75, 3.05) is 32.7 Å². The number of fused-ring (bicyclic) bond motifs is 1. The van der Waals surface area contributed by atoms with E-state index in [0.717, 1.165) is 12.6 Å². The van der Waals surface area contributed by atoms with Crippen molar-refractivity contribution in [1.82, 2.24) is 9.80 Å². The predicted octanol–water partition coefficient (Wildman–Crippen LogP) is 2.29. The topological polar surface area (TPSA) is 32.5 Å². The van der Waals surface area contributed by atoms with Crippen molar-refractivity contribution in [2.45, 2.75) is 44.2 Å². The maximum atomic E-state index is 6.15. The Balaban J connectivity index is 1.68. The van der Waals surface area contributed by atoms with Crippen LogP contribution in [-0.2, 0) is 0 Å². The van der Waals surface area contributed by atoms with E-state index in [4.69, 9.17) is 5.73 Å². The smallest absolute Gasteiger partial charge is 0.0285 e. The first-order chi connectivity index (χ1) is 10.3. The molecule has 2 aliphatic rings. The van der Waals surface area contributed by atoms with E-state index in [2.05, 4.69) is 47.1 Å². The molecule has 3 nitrogen and oxygen atoms in total. The van der Waals surface area contributed by atoms with Gasteiger partial charge in [-0.15, -0.1) is 0 Å². The number of hydrogen-bond acceptors (Lipinski definition) is 3. The summed E-state index contributed by atoms with van der Waals surface area (Å²) < 4.78 is 0. The molecule has 1 aromatic carbocycles. The van der Waals surface area contributed by atoms with Crippen LogP contribution in [0, 0.1) is 0 Å². The van der Waals surface area contributed by atoms with E-state index in [-0.39, 0.29) is 0 Å². The zero-order chi connectivity index (χ0) is 14.7. The van der Waals surface area contributed by atoms with E-state index in [9.17, 15) is 0 Å². The summed E-state index contributed by atoms with van der Waals surface area (Å²) in [7, 11) is 0. The molecule has 116 valence electrons. The lowest BCUT2D eigenvalue weighted by Crippen LogP contribution is -2.59. The molecular formula is C18H29N3. The maximum absolute atomic E-state index is 6.15. The summed E-state index contributed by atoms with van der Waals surface area (Å²) in [6, 6.07) is 12.1. The van der Waals surface area contributed by atoms with Gasteiger partial charge in [0.2, 0.25) is 0 Å². The molecular weight excluding hydrogens is 258 g/mol. The number of piperidine rings is 1. The summed E-state index contributed by atoms with van der Waals surface area (Å²) in [4.78, 5) is 5.35. The molecule has 0 radical (unpaired) electrons. The van der Waals surface area contributed by atoms with Crippen molar-refractivity contribution in [3.05, 3.63) is 35.9 Å². The number of piperazine rings is 1. The molecule has 3 atom stereocenters. The van der Waals surface area contributed by atoms with E-state index >= 15 is 0 Å². The summed E-state index contributed by atoms with van der Waals surface area (Å²) in [5.74, 6) is 0.506. The van der Waals surface area contributed by atoms with Crippen molar-refractivity contribution in [3.8, 4) is 0 Å². The Bertz CT molecular complexity index is 433. The highest BCUT2D eigenvalue weighted by atomic mass is 15.3. The lowest BCUT2D eigenvalue weighted by Gasteiger charge is -2.47. The van der Waals surface area contributed by atoms with E-state index in [1.165, 1.54) is 51.0 Å². The second-order valence-electron chi connectivity index (χ2n) is 6.68. The van der Waals surface area contributed by atoms with E-state index in [1.54, 1.807) is 0 Å². The Kier molecular flexibility index (Phi) is 4.94. The fourth-order valence-electron chi connectivity index (χ4n) is 4.13. The summed E-state index contributed by atoms with van der Waals surface area (Å²) in [6.07, 6.45) is 4.15. The lowest BCUT2D eigenvalue weighted by molar-refractivity contribution is 0.0240. The van der Waals surface area contributed by atoms with Crippen LogP contribution in [0.1, 0.15) is 37.7 Å². The number of nitrogens with two attached hydrogens (primary N) is 1. The number of nitrogens with zero attached hydrogens (tertiary/aromatic N) is 2. The number of rotatable bonds is 4. The van der Waals surface area contributed by atoms with Gasteiger partial charge in [0, 0.05) is 38.3 Å². The summed E-state index contributed by atoms with van der Waals surface area (Å²) in [5, 5.41) is 0. The van der Waals surface area contributed by atoms with Crippen molar-refractivity contribution < 1.29 is 0 Å². The van der Waals surface area contributed by atoms with Crippen LogP contribution in [0.5, 0.6) is 0 Å².